The normalized spacial score (nSPS) is 18.4. The summed E-state index contributed by atoms with van der Waals surface area (Å²) in [7, 11) is 4.26. The predicted molar refractivity (Wildman–Crippen MR) is 51.8 cm³/mol. The fourth-order valence-corrected chi connectivity index (χ4v) is 1.97. The summed E-state index contributed by atoms with van der Waals surface area (Å²) in [5, 5.41) is 3.19. The summed E-state index contributed by atoms with van der Waals surface area (Å²) >= 11 is 1.72. The summed E-state index contributed by atoms with van der Waals surface area (Å²) in [6.45, 7) is 2.25. The summed E-state index contributed by atoms with van der Waals surface area (Å²) in [6, 6.07) is 0.717. The van der Waals surface area contributed by atoms with Crippen LogP contribution < -0.4 is 4.90 Å². The van der Waals surface area contributed by atoms with Crippen molar-refractivity contribution in [2.75, 3.05) is 32.1 Å². The topological polar surface area (TPSA) is 19.4 Å². The Bertz CT molecular complexity index is 239. The monoisotopic (exact) mass is 183 g/mol. The Morgan fingerprint density at radius 3 is 2.83 bits per heavy atom. The van der Waals surface area contributed by atoms with Crippen LogP contribution in [0.15, 0.2) is 11.6 Å². The van der Waals surface area contributed by atoms with Crippen molar-refractivity contribution < 1.29 is 0 Å². The first-order chi connectivity index (χ1) is 5.77. The zero-order chi connectivity index (χ0) is 8.55. The van der Waals surface area contributed by atoms with Crippen molar-refractivity contribution >= 4 is 16.5 Å². The second kappa shape index (κ2) is 3.03. The molecule has 1 aromatic rings. The lowest BCUT2D eigenvalue weighted by atomic mass is 10.1. The molecule has 0 aliphatic carbocycles. The molecule has 4 heteroatoms. The number of likely N-dealkylation sites (N-methyl/N-ethyl adjacent to an activating group) is 1. The van der Waals surface area contributed by atoms with Gasteiger partial charge in [-0.3, -0.25) is 0 Å². The zero-order valence-electron chi connectivity index (χ0n) is 7.40. The summed E-state index contributed by atoms with van der Waals surface area (Å²) in [6.07, 6.45) is 1.86. The summed E-state index contributed by atoms with van der Waals surface area (Å²) in [5.74, 6) is 0. The second-order valence-corrected chi connectivity index (χ2v) is 4.21. The van der Waals surface area contributed by atoms with E-state index in [1.807, 2.05) is 11.6 Å². The molecule has 2 heterocycles. The lowest BCUT2D eigenvalue weighted by Gasteiger charge is -2.42. The maximum Gasteiger partial charge on any atom is 0.185 e. The lowest BCUT2D eigenvalue weighted by molar-refractivity contribution is 0.247. The number of aromatic nitrogens is 1. The maximum atomic E-state index is 4.26. The van der Waals surface area contributed by atoms with Gasteiger partial charge in [-0.05, 0) is 14.1 Å². The van der Waals surface area contributed by atoms with E-state index in [0.717, 1.165) is 18.2 Å². The lowest BCUT2D eigenvalue weighted by Crippen LogP contribution is -2.57. The van der Waals surface area contributed by atoms with Gasteiger partial charge in [0.15, 0.2) is 5.13 Å². The molecule has 0 atom stereocenters. The van der Waals surface area contributed by atoms with Crippen LogP contribution in [-0.4, -0.2) is 43.1 Å². The molecule has 0 aromatic carbocycles. The van der Waals surface area contributed by atoms with E-state index in [2.05, 4.69) is 28.9 Å². The second-order valence-electron chi connectivity index (χ2n) is 3.34. The molecule has 1 aliphatic heterocycles. The van der Waals surface area contributed by atoms with Crippen LogP contribution in [0, 0.1) is 0 Å². The Kier molecular flexibility index (Phi) is 2.02. The van der Waals surface area contributed by atoms with Crippen LogP contribution in [0.3, 0.4) is 0 Å². The molecule has 1 aliphatic rings. The van der Waals surface area contributed by atoms with E-state index in [4.69, 9.17) is 0 Å². The number of hydrogen-bond donors (Lipinski definition) is 0. The third-order valence-corrected chi connectivity index (χ3v) is 3.11. The van der Waals surface area contributed by atoms with Gasteiger partial charge in [0.25, 0.3) is 0 Å². The molecule has 0 unspecified atom stereocenters. The van der Waals surface area contributed by atoms with Gasteiger partial charge in [0.05, 0.1) is 0 Å². The SMILES string of the molecule is CN(C)C1CN(c2nccs2)C1. The Balaban J connectivity index is 1.90. The highest BCUT2D eigenvalue weighted by Crippen LogP contribution is 2.24. The molecular weight excluding hydrogens is 170 g/mol. The van der Waals surface area contributed by atoms with Crippen LogP contribution in [0.25, 0.3) is 0 Å². The van der Waals surface area contributed by atoms with E-state index < -0.39 is 0 Å². The minimum absolute atomic E-state index is 0.717. The van der Waals surface area contributed by atoms with E-state index >= 15 is 0 Å². The Hall–Kier alpha value is -0.610. The molecule has 0 spiro atoms. The molecular formula is C8H13N3S. The van der Waals surface area contributed by atoms with Crippen molar-refractivity contribution in [2.24, 2.45) is 0 Å². The van der Waals surface area contributed by atoms with Gasteiger partial charge in [0, 0.05) is 30.7 Å². The van der Waals surface area contributed by atoms with Crippen LogP contribution in [0.2, 0.25) is 0 Å². The first-order valence-corrected chi connectivity index (χ1v) is 4.96. The first-order valence-electron chi connectivity index (χ1n) is 4.08. The van der Waals surface area contributed by atoms with E-state index in [9.17, 15) is 0 Å². The molecule has 66 valence electrons. The Morgan fingerprint density at radius 2 is 2.33 bits per heavy atom. The largest absolute Gasteiger partial charge is 0.345 e. The van der Waals surface area contributed by atoms with Crippen molar-refractivity contribution in [3.63, 3.8) is 0 Å². The fourth-order valence-electron chi connectivity index (χ4n) is 1.31. The predicted octanol–water partition coefficient (Wildman–Crippen LogP) is 0.893. The van der Waals surface area contributed by atoms with E-state index in [-0.39, 0.29) is 0 Å². The van der Waals surface area contributed by atoms with Gasteiger partial charge < -0.3 is 9.80 Å². The average molecular weight is 183 g/mol. The third kappa shape index (κ3) is 1.32. The average Bonchev–Trinajstić information content (AvgIpc) is 2.34. The maximum absolute atomic E-state index is 4.26. The van der Waals surface area contributed by atoms with Crippen LogP contribution >= 0.6 is 11.3 Å². The molecule has 12 heavy (non-hydrogen) atoms. The van der Waals surface area contributed by atoms with Crippen molar-refractivity contribution in [1.82, 2.24) is 9.88 Å². The molecule has 1 aromatic heterocycles. The molecule has 0 amide bonds. The van der Waals surface area contributed by atoms with Gasteiger partial charge >= 0.3 is 0 Å². The standard InChI is InChI=1S/C8H13N3S/c1-10(2)7-5-11(6-7)8-9-3-4-12-8/h3-4,7H,5-6H2,1-2H3. The van der Waals surface area contributed by atoms with E-state index in [1.54, 1.807) is 11.3 Å². The zero-order valence-corrected chi connectivity index (χ0v) is 8.21. The van der Waals surface area contributed by atoms with E-state index in [1.165, 1.54) is 0 Å². The molecule has 0 saturated carbocycles. The van der Waals surface area contributed by atoms with Gasteiger partial charge in [-0.15, -0.1) is 11.3 Å². The van der Waals surface area contributed by atoms with Crippen molar-refractivity contribution in [1.29, 1.82) is 0 Å². The molecule has 3 nitrogen and oxygen atoms in total. The quantitative estimate of drug-likeness (QED) is 0.679. The Morgan fingerprint density at radius 1 is 1.58 bits per heavy atom. The van der Waals surface area contributed by atoms with Crippen molar-refractivity contribution in [3.05, 3.63) is 11.6 Å². The number of anilines is 1. The summed E-state index contributed by atoms with van der Waals surface area (Å²) in [4.78, 5) is 8.84. The van der Waals surface area contributed by atoms with Crippen LogP contribution in [0.1, 0.15) is 0 Å². The third-order valence-electron chi connectivity index (χ3n) is 2.28. The van der Waals surface area contributed by atoms with Crippen molar-refractivity contribution in [2.45, 2.75) is 6.04 Å². The highest BCUT2D eigenvalue weighted by molar-refractivity contribution is 7.13. The van der Waals surface area contributed by atoms with Gasteiger partial charge in [-0.1, -0.05) is 0 Å². The number of nitrogens with zero attached hydrogens (tertiary/aromatic N) is 3. The van der Waals surface area contributed by atoms with Gasteiger partial charge in [-0.25, -0.2) is 4.98 Å². The van der Waals surface area contributed by atoms with Crippen LogP contribution in [-0.2, 0) is 0 Å². The highest BCUT2D eigenvalue weighted by atomic mass is 32.1. The van der Waals surface area contributed by atoms with Gasteiger partial charge in [-0.2, -0.15) is 0 Å². The fraction of sp³-hybridized carbons (Fsp3) is 0.625. The highest BCUT2D eigenvalue weighted by Gasteiger charge is 2.29. The van der Waals surface area contributed by atoms with Crippen LogP contribution in [0.4, 0.5) is 5.13 Å². The number of hydrogen-bond acceptors (Lipinski definition) is 4. The molecule has 1 saturated heterocycles. The minimum atomic E-state index is 0.717. The van der Waals surface area contributed by atoms with E-state index in [0.29, 0.717) is 6.04 Å². The van der Waals surface area contributed by atoms with Crippen LogP contribution in [0.5, 0.6) is 0 Å². The van der Waals surface area contributed by atoms with Gasteiger partial charge in [0.1, 0.15) is 0 Å². The molecule has 2 rings (SSSR count). The number of thiazole rings is 1. The minimum Gasteiger partial charge on any atom is -0.345 e. The summed E-state index contributed by atoms with van der Waals surface area (Å²) in [5.41, 5.74) is 0. The smallest absolute Gasteiger partial charge is 0.185 e. The molecule has 0 radical (unpaired) electrons. The molecule has 0 bridgehead atoms. The van der Waals surface area contributed by atoms with Crippen molar-refractivity contribution in [3.8, 4) is 0 Å². The molecule has 0 N–H and O–H groups in total. The summed E-state index contributed by atoms with van der Waals surface area (Å²) < 4.78 is 0. The van der Waals surface area contributed by atoms with Gasteiger partial charge in [0.2, 0.25) is 0 Å². The Labute approximate surface area is 76.6 Å². The molecule has 1 fully saturated rings. The first kappa shape index (κ1) is 8.01. The number of rotatable bonds is 2.